The van der Waals surface area contributed by atoms with E-state index in [9.17, 15) is 9.59 Å². The van der Waals surface area contributed by atoms with Gasteiger partial charge in [-0.2, -0.15) is 5.10 Å². The number of carbonyl (C=O) groups is 2. The Hall–Kier alpha value is -3.74. The Morgan fingerprint density at radius 2 is 1.74 bits per heavy atom. The lowest BCUT2D eigenvalue weighted by atomic mass is 9.95. The second-order valence-corrected chi connectivity index (χ2v) is 9.37. The van der Waals surface area contributed by atoms with Crippen LogP contribution in [0, 0.1) is 33.6 Å². The van der Waals surface area contributed by atoms with Gasteiger partial charge in [-0.1, -0.05) is 29.8 Å². The molecule has 3 aromatic rings. The number of hydrogen-bond acceptors (Lipinski definition) is 4. The summed E-state index contributed by atoms with van der Waals surface area (Å²) in [6, 6.07) is 12.2. The van der Waals surface area contributed by atoms with Crippen LogP contribution in [0.3, 0.4) is 0 Å². The van der Waals surface area contributed by atoms with Gasteiger partial charge in [-0.15, -0.1) is 0 Å². The fourth-order valence-corrected chi connectivity index (χ4v) is 4.43. The molecule has 0 bridgehead atoms. The first kappa shape index (κ1) is 24.4. The van der Waals surface area contributed by atoms with E-state index in [4.69, 9.17) is 0 Å². The van der Waals surface area contributed by atoms with Crippen LogP contribution in [0.1, 0.15) is 46.5 Å². The van der Waals surface area contributed by atoms with Crippen molar-refractivity contribution in [2.75, 3.05) is 18.4 Å². The topological polar surface area (TPSA) is 80.1 Å². The minimum Gasteiger partial charge on any atom is -0.339 e. The smallest absolute Gasteiger partial charge is 0.246 e. The molecule has 0 spiro atoms. The van der Waals surface area contributed by atoms with E-state index in [0.29, 0.717) is 38.3 Å². The molecule has 0 saturated carbocycles. The van der Waals surface area contributed by atoms with Gasteiger partial charge in [0, 0.05) is 42.5 Å². The molecule has 2 aromatic heterocycles. The number of piperidine rings is 1. The molecule has 1 N–H and O–H groups in total. The number of pyridine rings is 1. The van der Waals surface area contributed by atoms with Gasteiger partial charge in [0.15, 0.2) is 0 Å². The van der Waals surface area contributed by atoms with Crippen molar-refractivity contribution >= 4 is 23.7 Å². The van der Waals surface area contributed by atoms with Gasteiger partial charge in [0.05, 0.1) is 12.2 Å². The molecule has 7 nitrogen and oxygen atoms in total. The quantitative estimate of drug-likeness (QED) is 0.539. The second kappa shape index (κ2) is 10.7. The minimum absolute atomic E-state index is 0.0296. The number of rotatable bonds is 6. The molecule has 4 rings (SSSR count). The molecule has 182 valence electrons. The lowest BCUT2D eigenvalue weighted by molar-refractivity contribution is -0.130. The van der Waals surface area contributed by atoms with Crippen LogP contribution in [-0.4, -0.2) is 44.6 Å². The van der Waals surface area contributed by atoms with E-state index < -0.39 is 0 Å². The van der Waals surface area contributed by atoms with Gasteiger partial charge in [0.1, 0.15) is 5.82 Å². The molecule has 1 fully saturated rings. The first-order chi connectivity index (χ1) is 16.8. The van der Waals surface area contributed by atoms with Crippen LogP contribution in [0.4, 0.5) is 5.82 Å². The van der Waals surface area contributed by atoms with E-state index >= 15 is 0 Å². The maximum atomic E-state index is 12.8. The Bertz CT molecular complexity index is 1230. The zero-order valence-electron chi connectivity index (χ0n) is 20.9. The predicted molar refractivity (Wildman–Crippen MR) is 138 cm³/mol. The van der Waals surface area contributed by atoms with Gasteiger partial charge in [-0.3, -0.25) is 14.3 Å². The summed E-state index contributed by atoms with van der Waals surface area (Å²) < 4.78 is 1.98. The summed E-state index contributed by atoms with van der Waals surface area (Å²) >= 11 is 0. The van der Waals surface area contributed by atoms with E-state index in [2.05, 4.69) is 46.6 Å². The zero-order valence-corrected chi connectivity index (χ0v) is 20.9. The normalized spacial score (nSPS) is 14.5. The molecular weight excluding hydrogens is 438 g/mol. The minimum atomic E-state index is -0.116. The third-order valence-corrected chi connectivity index (χ3v) is 6.63. The number of benzene rings is 1. The maximum absolute atomic E-state index is 12.8. The molecule has 2 amide bonds. The van der Waals surface area contributed by atoms with Gasteiger partial charge in [0.25, 0.3) is 0 Å². The molecule has 0 aliphatic carbocycles. The largest absolute Gasteiger partial charge is 0.339 e. The van der Waals surface area contributed by atoms with E-state index in [1.54, 1.807) is 12.3 Å². The number of carbonyl (C=O) groups excluding carboxylic acids is 2. The summed E-state index contributed by atoms with van der Waals surface area (Å²) in [7, 11) is 0. The van der Waals surface area contributed by atoms with Gasteiger partial charge < -0.3 is 10.2 Å². The first-order valence-electron chi connectivity index (χ1n) is 12.1. The van der Waals surface area contributed by atoms with Crippen molar-refractivity contribution in [1.82, 2.24) is 19.7 Å². The third kappa shape index (κ3) is 6.04. The molecule has 0 radical (unpaired) electrons. The van der Waals surface area contributed by atoms with Crippen LogP contribution in [0.15, 0.2) is 48.7 Å². The highest BCUT2D eigenvalue weighted by molar-refractivity contribution is 5.93. The van der Waals surface area contributed by atoms with Crippen molar-refractivity contribution in [3.8, 4) is 0 Å². The zero-order chi connectivity index (χ0) is 24.9. The molecule has 0 atom stereocenters. The van der Waals surface area contributed by atoms with Crippen molar-refractivity contribution < 1.29 is 9.59 Å². The Labute approximate surface area is 206 Å². The first-order valence-corrected chi connectivity index (χ1v) is 12.1. The van der Waals surface area contributed by atoms with Gasteiger partial charge >= 0.3 is 0 Å². The SMILES string of the molecule is Cc1ccc(Cn2nc(C)c(C=CC(=O)N3CCC(C(=O)Nc4cc(C)ccn4)CC3)c2C)cc1. The molecule has 7 heteroatoms. The summed E-state index contributed by atoms with van der Waals surface area (Å²) in [5, 5.41) is 7.58. The highest BCUT2D eigenvalue weighted by Gasteiger charge is 2.27. The van der Waals surface area contributed by atoms with Gasteiger partial charge in [0.2, 0.25) is 11.8 Å². The number of aromatic nitrogens is 3. The number of likely N-dealkylation sites (tertiary alicyclic amines) is 1. The van der Waals surface area contributed by atoms with Crippen molar-refractivity contribution in [3.63, 3.8) is 0 Å². The molecule has 1 aliphatic heterocycles. The van der Waals surface area contributed by atoms with Crippen molar-refractivity contribution in [2.24, 2.45) is 5.92 Å². The Kier molecular flexibility index (Phi) is 7.44. The fourth-order valence-electron chi connectivity index (χ4n) is 4.43. The Morgan fingerprint density at radius 3 is 2.43 bits per heavy atom. The van der Waals surface area contributed by atoms with Crippen molar-refractivity contribution in [3.05, 3.63) is 82.3 Å². The number of amides is 2. The van der Waals surface area contributed by atoms with E-state index in [1.165, 1.54) is 11.1 Å². The summed E-state index contributed by atoms with van der Waals surface area (Å²) in [5.41, 5.74) is 6.39. The average molecular weight is 472 g/mol. The van der Waals surface area contributed by atoms with Gasteiger partial charge in [-0.05, 0) is 69.9 Å². The Balaban J connectivity index is 1.33. The molecule has 35 heavy (non-hydrogen) atoms. The van der Waals surface area contributed by atoms with E-state index in [-0.39, 0.29) is 17.7 Å². The predicted octanol–water partition coefficient (Wildman–Crippen LogP) is 4.45. The fraction of sp³-hybridized carbons (Fsp3) is 0.357. The lowest BCUT2D eigenvalue weighted by Gasteiger charge is -2.30. The molecule has 3 heterocycles. The van der Waals surface area contributed by atoms with Crippen LogP contribution in [0.25, 0.3) is 6.08 Å². The number of aryl methyl sites for hydroxylation is 3. The molecule has 1 saturated heterocycles. The van der Waals surface area contributed by atoms with E-state index in [1.807, 2.05) is 48.6 Å². The Morgan fingerprint density at radius 1 is 1.03 bits per heavy atom. The standard InChI is InChI=1S/C28H33N5O2/c1-19-5-7-23(8-6-19)18-33-22(4)25(21(3)31-33)9-10-27(34)32-15-12-24(13-16-32)28(35)30-26-17-20(2)11-14-29-26/h5-11,14,17,24H,12-13,15-16,18H2,1-4H3,(H,29,30,35). The summed E-state index contributed by atoms with van der Waals surface area (Å²) in [6.45, 7) is 9.87. The number of hydrogen-bond donors (Lipinski definition) is 1. The van der Waals surface area contributed by atoms with Crippen LogP contribution in [0.2, 0.25) is 0 Å². The maximum Gasteiger partial charge on any atom is 0.246 e. The summed E-state index contributed by atoms with van der Waals surface area (Å²) in [5.74, 6) is 0.396. The van der Waals surface area contributed by atoms with Gasteiger partial charge in [-0.25, -0.2) is 4.98 Å². The van der Waals surface area contributed by atoms with Crippen LogP contribution in [-0.2, 0) is 16.1 Å². The third-order valence-electron chi connectivity index (χ3n) is 6.63. The van der Waals surface area contributed by atoms with Crippen molar-refractivity contribution in [1.29, 1.82) is 0 Å². The van der Waals surface area contributed by atoms with E-state index in [0.717, 1.165) is 22.5 Å². The number of anilines is 1. The molecular formula is C28H33N5O2. The number of nitrogens with one attached hydrogen (secondary N) is 1. The lowest BCUT2D eigenvalue weighted by Crippen LogP contribution is -2.40. The highest BCUT2D eigenvalue weighted by Crippen LogP contribution is 2.21. The summed E-state index contributed by atoms with van der Waals surface area (Å²) in [6.07, 6.45) is 6.47. The van der Waals surface area contributed by atoms with Crippen LogP contribution >= 0.6 is 0 Å². The average Bonchev–Trinajstić information content (AvgIpc) is 3.11. The van der Waals surface area contributed by atoms with Crippen LogP contribution in [0.5, 0.6) is 0 Å². The van der Waals surface area contributed by atoms with Crippen LogP contribution < -0.4 is 5.32 Å². The van der Waals surface area contributed by atoms with Crippen molar-refractivity contribution in [2.45, 2.75) is 47.1 Å². The molecule has 0 unspecified atom stereocenters. The highest BCUT2D eigenvalue weighted by atomic mass is 16.2. The number of nitrogens with zero attached hydrogens (tertiary/aromatic N) is 4. The molecule has 1 aliphatic rings. The summed E-state index contributed by atoms with van der Waals surface area (Å²) in [4.78, 5) is 31.5. The molecule has 1 aromatic carbocycles. The second-order valence-electron chi connectivity index (χ2n) is 9.37. The monoisotopic (exact) mass is 471 g/mol.